The first kappa shape index (κ1) is 9.28. The molecule has 0 radical (unpaired) electrons. The summed E-state index contributed by atoms with van der Waals surface area (Å²) in [6, 6.07) is 8.20. The molecule has 2 aromatic rings. The zero-order valence-corrected chi connectivity index (χ0v) is 8.57. The van der Waals surface area contributed by atoms with Crippen LogP contribution in [0, 0.1) is 0 Å². The molecule has 0 spiro atoms. The Kier molecular flexibility index (Phi) is 2.30. The first-order valence-electron chi connectivity index (χ1n) is 4.99. The number of hydrogen-bond acceptors (Lipinski definition) is 1. The molecule has 0 aliphatic heterocycles. The summed E-state index contributed by atoms with van der Waals surface area (Å²) in [6.45, 7) is 4.88. The van der Waals surface area contributed by atoms with Gasteiger partial charge in [0.1, 0.15) is 0 Å². The van der Waals surface area contributed by atoms with Gasteiger partial charge in [-0.1, -0.05) is 12.1 Å². The van der Waals surface area contributed by atoms with Crippen molar-refractivity contribution in [3.63, 3.8) is 0 Å². The first-order valence-corrected chi connectivity index (χ1v) is 4.99. The predicted molar refractivity (Wildman–Crippen MR) is 58.2 cm³/mol. The summed E-state index contributed by atoms with van der Waals surface area (Å²) in [5.74, 6) is 0. The standard InChI is InChI=1S/C12H15NO/c1-3-13-7-6-10-4-5-11(9(2)14)8-12(10)13/h4-9,14H,3H2,1-2H3. The second-order valence-corrected chi connectivity index (χ2v) is 3.60. The van der Waals surface area contributed by atoms with Gasteiger partial charge in [0.05, 0.1) is 6.10 Å². The van der Waals surface area contributed by atoms with Crippen molar-refractivity contribution < 1.29 is 5.11 Å². The number of aromatic nitrogens is 1. The quantitative estimate of drug-likeness (QED) is 0.772. The van der Waals surface area contributed by atoms with Crippen molar-refractivity contribution in [1.82, 2.24) is 4.57 Å². The molecule has 0 aliphatic carbocycles. The lowest BCUT2D eigenvalue weighted by molar-refractivity contribution is 0.199. The molecule has 1 unspecified atom stereocenters. The van der Waals surface area contributed by atoms with Crippen LogP contribution in [0.3, 0.4) is 0 Å². The summed E-state index contributed by atoms with van der Waals surface area (Å²) in [6.07, 6.45) is 1.69. The molecular formula is C12H15NO. The topological polar surface area (TPSA) is 25.2 Å². The van der Waals surface area contributed by atoms with Crippen LogP contribution < -0.4 is 0 Å². The Hall–Kier alpha value is -1.28. The average molecular weight is 189 g/mol. The number of hydrogen-bond donors (Lipinski definition) is 1. The molecule has 1 aromatic carbocycles. The molecule has 0 bridgehead atoms. The third kappa shape index (κ3) is 1.42. The number of rotatable bonds is 2. The van der Waals surface area contributed by atoms with Crippen LogP contribution in [0.2, 0.25) is 0 Å². The number of fused-ring (bicyclic) bond motifs is 1. The molecule has 74 valence electrons. The van der Waals surface area contributed by atoms with Gasteiger partial charge in [-0.2, -0.15) is 0 Å². The third-order valence-corrected chi connectivity index (χ3v) is 2.62. The molecule has 0 saturated carbocycles. The minimum absolute atomic E-state index is 0.389. The van der Waals surface area contributed by atoms with Gasteiger partial charge in [-0.3, -0.25) is 0 Å². The van der Waals surface area contributed by atoms with E-state index in [1.54, 1.807) is 6.92 Å². The van der Waals surface area contributed by atoms with Gasteiger partial charge in [0, 0.05) is 18.3 Å². The van der Waals surface area contributed by atoms with Crippen molar-refractivity contribution in [2.24, 2.45) is 0 Å². The van der Waals surface area contributed by atoms with Crippen LogP contribution >= 0.6 is 0 Å². The summed E-state index contributed by atoms with van der Waals surface area (Å²) in [5.41, 5.74) is 2.18. The molecule has 2 rings (SSSR count). The second-order valence-electron chi connectivity index (χ2n) is 3.60. The molecule has 0 aliphatic rings. The Labute approximate surface area is 83.8 Å². The van der Waals surface area contributed by atoms with Crippen LogP contribution in [-0.4, -0.2) is 9.67 Å². The zero-order chi connectivity index (χ0) is 10.1. The van der Waals surface area contributed by atoms with Crippen LogP contribution in [0.25, 0.3) is 10.9 Å². The molecule has 1 heterocycles. The average Bonchev–Trinajstić information content (AvgIpc) is 2.59. The van der Waals surface area contributed by atoms with Gasteiger partial charge in [0.25, 0.3) is 0 Å². The number of nitrogens with zero attached hydrogens (tertiary/aromatic N) is 1. The van der Waals surface area contributed by atoms with E-state index in [1.807, 2.05) is 6.07 Å². The van der Waals surface area contributed by atoms with Gasteiger partial charge in [-0.15, -0.1) is 0 Å². The Bertz CT molecular complexity index is 443. The predicted octanol–water partition coefficient (Wildman–Crippen LogP) is 2.71. The molecule has 2 heteroatoms. The van der Waals surface area contributed by atoms with E-state index >= 15 is 0 Å². The van der Waals surface area contributed by atoms with Crippen LogP contribution in [0.5, 0.6) is 0 Å². The lowest BCUT2D eigenvalue weighted by Crippen LogP contribution is -1.94. The second kappa shape index (κ2) is 3.46. The van der Waals surface area contributed by atoms with Crippen molar-refractivity contribution in [2.75, 3.05) is 0 Å². The molecule has 1 aromatic heterocycles. The monoisotopic (exact) mass is 189 g/mol. The summed E-state index contributed by atoms with van der Waals surface area (Å²) in [7, 11) is 0. The van der Waals surface area contributed by atoms with Crippen molar-refractivity contribution >= 4 is 10.9 Å². The summed E-state index contributed by atoms with van der Waals surface area (Å²) >= 11 is 0. The fraction of sp³-hybridized carbons (Fsp3) is 0.333. The van der Waals surface area contributed by atoms with Crippen LogP contribution in [0.4, 0.5) is 0 Å². The van der Waals surface area contributed by atoms with E-state index < -0.39 is 0 Å². The van der Waals surface area contributed by atoms with Gasteiger partial charge in [-0.25, -0.2) is 0 Å². The van der Waals surface area contributed by atoms with E-state index in [-0.39, 0.29) is 6.10 Å². The number of aliphatic hydroxyl groups excluding tert-OH is 1. The smallest absolute Gasteiger partial charge is 0.0762 e. The molecule has 0 amide bonds. The number of aryl methyl sites for hydroxylation is 1. The van der Waals surface area contributed by atoms with Gasteiger partial charge >= 0.3 is 0 Å². The minimum atomic E-state index is -0.389. The fourth-order valence-corrected chi connectivity index (χ4v) is 1.74. The summed E-state index contributed by atoms with van der Waals surface area (Å²) in [5, 5.41) is 10.7. The van der Waals surface area contributed by atoms with Crippen molar-refractivity contribution in [2.45, 2.75) is 26.5 Å². The van der Waals surface area contributed by atoms with Crippen molar-refractivity contribution in [3.05, 3.63) is 36.0 Å². The Morgan fingerprint density at radius 2 is 2.14 bits per heavy atom. The molecule has 14 heavy (non-hydrogen) atoms. The lowest BCUT2D eigenvalue weighted by Gasteiger charge is -2.06. The number of benzene rings is 1. The highest BCUT2D eigenvalue weighted by molar-refractivity contribution is 5.80. The Morgan fingerprint density at radius 1 is 1.36 bits per heavy atom. The Morgan fingerprint density at radius 3 is 2.79 bits per heavy atom. The maximum atomic E-state index is 9.48. The third-order valence-electron chi connectivity index (χ3n) is 2.62. The van der Waals surface area contributed by atoms with Crippen LogP contribution in [0.1, 0.15) is 25.5 Å². The van der Waals surface area contributed by atoms with E-state index in [2.05, 4.69) is 35.9 Å². The lowest BCUT2D eigenvalue weighted by atomic mass is 10.1. The largest absolute Gasteiger partial charge is 0.389 e. The first-order chi connectivity index (χ1) is 6.72. The molecule has 0 fully saturated rings. The van der Waals surface area contributed by atoms with Gasteiger partial charge in [0.15, 0.2) is 0 Å². The highest BCUT2D eigenvalue weighted by atomic mass is 16.3. The molecule has 1 atom stereocenters. The molecular weight excluding hydrogens is 174 g/mol. The van der Waals surface area contributed by atoms with E-state index in [0.29, 0.717) is 0 Å². The van der Waals surface area contributed by atoms with E-state index in [9.17, 15) is 5.11 Å². The summed E-state index contributed by atoms with van der Waals surface area (Å²) < 4.78 is 2.18. The van der Waals surface area contributed by atoms with Crippen LogP contribution in [0.15, 0.2) is 30.5 Å². The van der Waals surface area contributed by atoms with E-state index in [0.717, 1.165) is 12.1 Å². The molecule has 1 N–H and O–H groups in total. The fourth-order valence-electron chi connectivity index (χ4n) is 1.74. The van der Waals surface area contributed by atoms with Crippen LogP contribution in [-0.2, 0) is 6.54 Å². The maximum Gasteiger partial charge on any atom is 0.0762 e. The molecule has 0 saturated heterocycles. The number of aliphatic hydroxyl groups is 1. The summed E-state index contributed by atoms with van der Waals surface area (Å²) in [4.78, 5) is 0. The maximum absolute atomic E-state index is 9.48. The highest BCUT2D eigenvalue weighted by Gasteiger charge is 2.04. The van der Waals surface area contributed by atoms with Crippen molar-refractivity contribution in [3.8, 4) is 0 Å². The Balaban J connectivity index is 2.61. The van der Waals surface area contributed by atoms with E-state index in [1.165, 1.54) is 10.9 Å². The van der Waals surface area contributed by atoms with Gasteiger partial charge in [-0.05, 0) is 36.9 Å². The van der Waals surface area contributed by atoms with E-state index in [4.69, 9.17) is 0 Å². The van der Waals surface area contributed by atoms with Gasteiger partial charge in [0.2, 0.25) is 0 Å². The zero-order valence-electron chi connectivity index (χ0n) is 8.57. The molecule has 2 nitrogen and oxygen atoms in total. The minimum Gasteiger partial charge on any atom is -0.389 e. The van der Waals surface area contributed by atoms with Crippen molar-refractivity contribution in [1.29, 1.82) is 0 Å². The highest BCUT2D eigenvalue weighted by Crippen LogP contribution is 2.21. The normalized spacial score (nSPS) is 13.4. The van der Waals surface area contributed by atoms with Gasteiger partial charge < -0.3 is 9.67 Å². The SMILES string of the molecule is CCn1ccc2ccc(C(C)O)cc21.